The van der Waals surface area contributed by atoms with Crippen LogP contribution in [0.3, 0.4) is 0 Å². The van der Waals surface area contributed by atoms with E-state index in [1.165, 1.54) is 7.11 Å². The fraction of sp³-hybridized carbons (Fsp3) is 0.476. The van der Waals surface area contributed by atoms with Gasteiger partial charge in [-0.3, -0.25) is 0 Å². The number of imidazole rings is 1. The summed E-state index contributed by atoms with van der Waals surface area (Å²) >= 11 is 1.60. The minimum atomic E-state index is -0.724. The van der Waals surface area contributed by atoms with Crippen LogP contribution in [-0.2, 0) is 16.0 Å². The molecular formula is C21H28N4O5S. The number of methoxy groups -OCH3 is 3. The number of amides is 2. The first-order valence-electron chi connectivity index (χ1n) is 9.92. The number of esters is 1. The minimum absolute atomic E-state index is 0.361. The van der Waals surface area contributed by atoms with Crippen molar-refractivity contribution in [2.24, 2.45) is 0 Å². The highest BCUT2D eigenvalue weighted by molar-refractivity contribution is 7.98. The molecule has 2 N–H and O–H groups in total. The Morgan fingerprint density at radius 3 is 2.81 bits per heavy atom. The second kappa shape index (κ2) is 10.4. The zero-order valence-corrected chi connectivity index (χ0v) is 19.0. The molecule has 0 spiro atoms. The zero-order chi connectivity index (χ0) is 22.4. The van der Waals surface area contributed by atoms with Gasteiger partial charge in [0.15, 0.2) is 0 Å². The Balaban J connectivity index is 1.97. The predicted octanol–water partition coefficient (Wildman–Crippen LogP) is 2.38. The van der Waals surface area contributed by atoms with Crippen LogP contribution >= 0.6 is 11.8 Å². The number of carbonyl (C=O) groups excluding carboxylic acids is 2. The van der Waals surface area contributed by atoms with Gasteiger partial charge in [0.1, 0.15) is 23.6 Å². The number of urea groups is 1. The Morgan fingerprint density at radius 1 is 1.32 bits per heavy atom. The van der Waals surface area contributed by atoms with Gasteiger partial charge in [-0.05, 0) is 36.6 Å². The molecule has 1 aliphatic rings. The standard InChI is InChI=1S/C21H28N4O5S/c1-28-13-5-6-17(29-2)14(11-13)19-18-15(22-12-23-18)7-9-25(19)21(27)24-16(8-10-31-4)20(26)30-3/h5-6,11-12,16,19H,7-10H2,1-4H3,(H,22,23)(H,24,27)/t16-,19+/m0/s1. The van der Waals surface area contributed by atoms with E-state index in [0.29, 0.717) is 30.9 Å². The van der Waals surface area contributed by atoms with Gasteiger partial charge in [-0.25, -0.2) is 14.6 Å². The molecule has 10 heteroatoms. The van der Waals surface area contributed by atoms with Gasteiger partial charge in [-0.1, -0.05) is 0 Å². The molecule has 0 saturated carbocycles. The fourth-order valence-electron chi connectivity index (χ4n) is 3.72. The molecule has 1 aromatic heterocycles. The van der Waals surface area contributed by atoms with E-state index in [1.807, 2.05) is 12.3 Å². The first-order valence-corrected chi connectivity index (χ1v) is 11.3. The van der Waals surface area contributed by atoms with Crippen molar-refractivity contribution in [3.63, 3.8) is 0 Å². The average molecular weight is 449 g/mol. The lowest BCUT2D eigenvalue weighted by Crippen LogP contribution is -2.51. The number of nitrogens with one attached hydrogen (secondary N) is 2. The second-order valence-electron chi connectivity index (χ2n) is 7.03. The first-order chi connectivity index (χ1) is 15.0. The molecule has 0 bridgehead atoms. The molecule has 1 aromatic carbocycles. The van der Waals surface area contributed by atoms with Gasteiger partial charge in [0.25, 0.3) is 0 Å². The van der Waals surface area contributed by atoms with E-state index in [2.05, 4.69) is 15.3 Å². The molecule has 0 saturated heterocycles. The molecule has 0 unspecified atom stereocenters. The Hall–Kier alpha value is -2.88. The third-order valence-electron chi connectivity index (χ3n) is 5.31. The summed E-state index contributed by atoms with van der Waals surface area (Å²) in [6.45, 7) is 0.447. The van der Waals surface area contributed by atoms with Crippen LogP contribution in [0.4, 0.5) is 4.79 Å². The topological polar surface area (TPSA) is 106 Å². The summed E-state index contributed by atoms with van der Waals surface area (Å²) in [6, 6.07) is 3.87. The van der Waals surface area contributed by atoms with Crippen molar-refractivity contribution in [3.8, 4) is 11.5 Å². The number of nitrogens with zero attached hydrogens (tertiary/aromatic N) is 2. The molecule has 31 heavy (non-hydrogen) atoms. The van der Waals surface area contributed by atoms with Crippen molar-refractivity contribution in [2.45, 2.75) is 24.9 Å². The van der Waals surface area contributed by atoms with Crippen LogP contribution in [0.5, 0.6) is 11.5 Å². The third kappa shape index (κ3) is 4.90. The summed E-state index contributed by atoms with van der Waals surface area (Å²) in [5, 5.41) is 2.85. The van der Waals surface area contributed by atoms with E-state index in [0.717, 1.165) is 22.7 Å². The summed E-state index contributed by atoms with van der Waals surface area (Å²) in [5.74, 6) is 1.52. The highest BCUT2D eigenvalue weighted by atomic mass is 32.2. The largest absolute Gasteiger partial charge is 0.497 e. The lowest BCUT2D eigenvalue weighted by molar-refractivity contribution is -0.142. The molecule has 0 radical (unpaired) electrons. The first kappa shape index (κ1) is 22.8. The van der Waals surface area contributed by atoms with Gasteiger partial charge in [-0.15, -0.1) is 0 Å². The van der Waals surface area contributed by atoms with E-state index >= 15 is 0 Å². The monoisotopic (exact) mass is 448 g/mol. The zero-order valence-electron chi connectivity index (χ0n) is 18.1. The van der Waals surface area contributed by atoms with Crippen molar-refractivity contribution >= 4 is 23.8 Å². The van der Waals surface area contributed by atoms with Crippen LogP contribution in [0.25, 0.3) is 0 Å². The second-order valence-corrected chi connectivity index (χ2v) is 8.01. The molecule has 2 aromatic rings. The summed E-state index contributed by atoms with van der Waals surface area (Å²) in [6.07, 6.45) is 4.68. The van der Waals surface area contributed by atoms with Crippen molar-refractivity contribution in [2.75, 3.05) is 39.9 Å². The van der Waals surface area contributed by atoms with E-state index in [1.54, 1.807) is 49.3 Å². The number of thioether (sulfide) groups is 1. The smallest absolute Gasteiger partial charge is 0.328 e. The molecule has 2 atom stereocenters. The van der Waals surface area contributed by atoms with Crippen molar-refractivity contribution < 1.29 is 23.8 Å². The van der Waals surface area contributed by atoms with Gasteiger partial charge in [-0.2, -0.15) is 11.8 Å². The van der Waals surface area contributed by atoms with E-state index in [4.69, 9.17) is 14.2 Å². The number of carbonyl (C=O) groups is 2. The maximum absolute atomic E-state index is 13.4. The molecule has 0 aliphatic carbocycles. The maximum Gasteiger partial charge on any atom is 0.328 e. The van der Waals surface area contributed by atoms with E-state index in [9.17, 15) is 9.59 Å². The van der Waals surface area contributed by atoms with Gasteiger partial charge in [0, 0.05) is 24.2 Å². The number of benzene rings is 1. The highest BCUT2D eigenvalue weighted by Crippen LogP contribution is 2.39. The Bertz CT molecular complexity index is 919. The Kier molecular flexibility index (Phi) is 7.67. The van der Waals surface area contributed by atoms with Crippen LogP contribution in [0.15, 0.2) is 24.5 Å². The summed E-state index contributed by atoms with van der Waals surface area (Å²) in [4.78, 5) is 34.9. The number of hydrogen-bond donors (Lipinski definition) is 2. The molecule has 1 aliphatic heterocycles. The number of rotatable bonds is 8. The van der Waals surface area contributed by atoms with Gasteiger partial charge in [0.2, 0.25) is 0 Å². The molecular weight excluding hydrogens is 420 g/mol. The SMILES string of the molecule is COC(=O)[C@H](CCSC)NC(=O)N1CCc2[nH]cnc2[C@H]1c1cc(OC)ccc1OC. The lowest BCUT2D eigenvalue weighted by atomic mass is 9.95. The number of ether oxygens (including phenoxy) is 3. The maximum atomic E-state index is 13.4. The average Bonchev–Trinajstić information content (AvgIpc) is 3.28. The van der Waals surface area contributed by atoms with Crippen LogP contribution in [0, 0.1) is 0 Å². The molecule has 2 amide bonds. The molecule has 2 heterocycles. The van der Waals surface area contributed by atoms with Crippen molar-refractivity contribution in [1.82, 2.24) is 20.2 Å². The van der Waals surface area contributed by atoms with Crippen LogP contribution < -0.4 is 14.8 Å². The van der Waals surface area contributed by atoms with Crippen LogP contribution in [0.1, 0.15) is 29.4 Å². The quantitative estimate of drug-likeness (QED) is 0.597. The van der Waals surface area contributed by atoms with Gasteiger partial charge in [0.05, 0.1) is 33.4 Å². The summed E-state index contributed by atoms with van der Waals surface area (Å²) < 4.78 is 15.9. The van der Waals surface area contributed by atoms with Crippen LogP contribution in [-0.4, -0.2) is 72.8 Å². The molecule has 0 fully saturated rings. The van der Waals surface area contributed by atoms with Crippen molar-refractivity contribution in [1.29, 1.82) is 0 Å². The summed E-state index contributed by atoms with van der Waals surface area (Å²) in [7, 11) is 4.49. The normalized spacial score (nSPS) is 16.3. The van der Waals surface area contributed by atoms with Crippen molar-refractivity contribution in [3.05, 3.63) is 41.5 Å². The predicted molar refractivity (Wildman–Crippen MR) is 118 cm³/mol. The number of hydrogen-bond acceptors (Lipinski definition) is 7. The number of H-pyrrole nitrogens is 1. The third-order valence-corrected chi connectivity index (χ3v) is 5.96. The number of fused-ring (bicyclic) bond motifs is 1. The molecule has 9 nitrogen and oxygen atoms in total. The summed E-state index contributed by atoms with van der Waals surface area (Å²) in [5.41, 5.74) is 2.46. The molecule has 3 rings (SSSR count). The number of aromatic nitrogens is 2. The van der Waals surface area contributed by atoms with Gasteiger partial charge < -0.3 is 29.4 Å². The van der Waals surface area contributed by atoms with Gasteiger partial charge >= 0.3 is 12.0 Å². The fourth-order valence-corrected chi connectivity index (χ4v) is 4.19. The Labute approximate surface area is 185 Å². The number of aromatic amines is 1. The van der Waals surface area contributed by atoms with E-state index in [-0.39, 0.29) is 6.03 Å². The van der Waals surface area contributed by atoms with E-state index < -0.39 is 18.1 Å². The highest BCUT2D eigenvalue weighted by Gasteiger charge is 2.37. The van der Waals surface area contributed by atoms with Crippen LogP contribution in [0.2, 0.25) is 0 Å². The molecule has 168 valence electrons. The lowest BCUT2D eigenvalue weighted by Gasteiger charge is -2.36. The minimum Gasteiger partial charge on any atom is -0.497 e. The Morgan fingerprint density at radius 2 is 2.13 bits per heavy atom.